The van der Waals surface area contributed by atoms with Crippen molar-refractivity contribution >= 4 is 10.0 Å². The normalized spacial score (nSPS) is 16.7. The van der Waals surface area contributed by atoms with Crippen molar-refractivity contribution in [2.24, 2.45) is 0 Å². The lowest BCUT2D eigenvalue weighted by atomic mass is 10.1. The van der Waals surface area contributed by atoms with Gasteiger partial charge in [0.05, 0.1) is 4.90 Å². The summed E-state index contributed by atoms with van der Waals surface area (Å²) in [6.45, 7) is 2.30. The van der Waals surface area contributed by atoms with E-state index in [2.05, 4.69) is 4.90 Å². The van der Waals surface area contributed by atoms with Gasteiger partial charge in [-0.05, 0) is 24.1 Å². The Labute approximate surface area is 150 Å². The highest BCUT2D eigenvalue weighted by Gasteiger charge is 2.30. The van der Waals surface area contributed by atoms with Crippen LogP contribution in [0.15, 0.2) is 47.4 Å². The van der Waals surface area contributed by atoms with Gasteiger partial charge in [-0.15, -0.1) is 0 Å². The molecule has 0 bridgehead atoms. The highest BCUT2D eigenvalue weighted by molar-refractivity contribution is 7.89. The fraction of sp³-hybridized carbons (Fsp3) is 0.333. The van der Waals surface area contributed by atoms with E-state index in [1.165, 1.54) is 9.87 Å². The van der Waals surface area contributed by atoms with Gasteiger partial charge >= 0.3 is 0 Å². The first-order chi connectivity index (χ1) is 12.4. The van der Waals surface area contributed by atoms with Gasteiger partial charge in [-0.2, -0.15) is 4.31 Å². The summed E-state index contributed by atoms with van der Waals surface area (Å²) in [5.74, 6) is -4.69. The van der Waals surface area contributed by atoms with E-state index in [9.17, 15) is 21.6 Å². The summed E-state index contributed by atoms with van der Waals surface area (Å²) in [6.07, 6.45) is 0.863. The molecule has 0 amide bonds. The molecule has 0 unspecified atom stereocenters. The SMILES string of the molecule is O=S(=O)(c1cc(F)c(F)c(F)c1)N1CCN(CCc2ccccc2)CC1. The average Bonchev–Trinajstić information content (AvgIpc) is 2.65. The number of benzene rings is 2. The predicted octanol–water partition coefficient (Wildman–Crippen LogP) is 2.65. The standard InChI is InChI=1S/C18H19F3N2O2S/c19-16-12-15(13-17(20)18(16)21)26(24,25)23-10-8-22(9-11-23)7-6-14-4-2-1-3-5-14/h1-5,12-13H,6-11H2. The zero-order valence-electron chi connectivity index (χ0n) is 14.0. The van der Waals surface area contributed by atoms with Crippen molar-refractivity contribution < 1.29 is 21.6 Å². The van der Waals surface area contributed by atoms with Crippen molar-refractivity contribution in [1.29, 1.82) is 0 Å². The number of rotatable bonds is 5. The van der Waals surface area contributed by atoms with E-state index in [0.29, 0.717) is 25.2 Å². The lowest BCUT2D eigenvalue weighted by Gasteiger charge is -2.34. The monoisotopic (exact) mass is 384 g/mol. The van der Waals surface area contributed by atoms with E-state index in [1.807, 2.05) is 30.3 Å². The third-order valence-corrected chi connectivity index (χ3v) is 6.36. The molecular formula is C18H19F3N2O2S. The van der Waals surface area contributed by atoms with Crippen molar-refractivity contribution in [3.63, 3.8) is 0 Å². The maximum Gasteiger partial charge on any atom is 0.243 e. The van der Waals surface area contributed by atoms with Crippen molar-refractivity contribution in [3.8, 4) is 0 Å². The van der Waals surface area contributed by atoms with E-state index in [4.69, 9.17) is 0 Å². The lowest BCUT2D eigenvalue weighted by Crippen LogP contribution is -2.49. The minimum atomic E-state index is -4.05. The molecule has 0 saturated carbocycles. The van der Waals surface area contributed by atoms with E-state index in [1.54, 1.807) is 0 Å². The maximum absolute atomic E-state index is 13.4. The van der Waals surface area contributed by atoms with Gasteiger partial charge in [0.2, 0.25) is 10.0 Å². The number of nitrogens with zero attached hydrogens (tertiary/aromatic N) is 2. The van der Waals surface area contributed by atoms with Gasteiger partial charge in [-0.1, -0.05) is 30.3 Å². The molecule has 140 valence electrons. The molecule has 26 heavy (non-hydrogen) atoms. The number of halogens is 3. The van der Waals surface area contributed by atoms with Gasteiger partial charge in [0.1, 0.15) is 0 Å². The molecule has 1 fully saturated rings. The molecule has 1 aliphatic heterocycles. The summed E-state index contributed by atoms with van der Waals surface area (Å²) < 4.78 is 66.0. The van der Waals surface area contributed by atoms with Gasteiger partial charge in [0.25, 0.3) is 0 Å². The van der Waals surface area contributed by atoms with E-state index in [0.717, 1.165) is 13.0 Å². The molecule has 0 radical (unpaired) electrons. The topological polar surface area (TPSA) is 40.6 Å². The van der Waals surface area contributed by atoms with Crippen molar-refractivity contribution in [2.45, 2.75) is 11.3 Å². The van der Waals surface area contributed by atoms with Crippen LogP contribution >= 0.6 is 0 Å². The lowest BCUT2D eigenvalue weighted by molar-refractivity contribution is 0.190. The smallest absolute Gasteiger partial charge is 0.243 e. The fourth-order valence-electron chi connectivity index (χ4n) is 2.96. The van der Waals surface area contributed by atoms with Crippen LogP contribution in [0.2, 0.25) is 0 Å². The Balaban J connectivity index is 1.62. The van der Waals surface area contributed by atoms with Crippen LogP contribution < -0.4 is 0 Å². The molecule has 0 aromatic heterocycles. The van der Waals surface area contributed by atoms with Crippen LogP contribution in [0.25, 0.3) is 0 Å². The summed E-state index contributed by atoms with van der Waals surface area (Å²) in [5, 5.41) is 0. The second-order valence-electron chi connectivity index (χ2n) is 6.18. The number of hydrogen-bond donors (Lipinski definition) is 0. The second kappa shape index (κ2) is 7.77. The van der Waals surface area contributed by atoms with E-state index in [-0.39, 0.29) is 13.1 Å². The van der Waals surface area contributed by atoms with Crippen LogP contribution in [-0.2, 0) is 16.4 Å². The molecule has 3 rings (SSSR count). The van der Waals surface area contributed by atoms with E-state index < -0.39 is 32.4 Å². The summed E-state index contributed by atoms with van der Waals surface area (Å²) in [4.78, 5) is 1.58. The van der Waals surface area contributed by atoms with Crippen molar-refractivity contribution in [1.82, 2.24) is 9.21 Å². The fourth-order valence-corrected chi connectivity index (χ4v) is 4.40. The van der Waals surface area contributed by atoms with E-state index >= 15 is 0 Å². The molecule has 1 aliphatic rings. The molecule has 8 heteroatoms. The van der Waals surface area contributed by atoms with Gasteiger partial charge in [-0.3, -0.25) is 0 Å². The Kier molecular flexibility index (Phi) is 5.64. The van der Waals surface area contributed by atoms with Gasteiger partial charge in [-0.25, -0.2) is 21.6 Å². The number of sulfonamides is 1. The molecule has 2 aromatic rings. The molecule has 1 heterocycles. The molecule has 0 N–H and O–H groups in total. The Hall–Kier alpha value is -1.90. The highest BCUT2D eigenvalue weighted by atomic mass is 32.2. The van der Waals surface area contributed by atoms with Crippen LogP contribution in [0, 0.1) is 17.5 Å². The molecular weight excluding hydrogens is 365 g/mol. The minimum absolute atomic E-state index is 0.220. The summed E-state index contributed by atoms with van der Waals surface area (Å²) in [6, 6.07) is 11.0. The van der Waals surface area contributed by atoms with Gasteiger partial charge in [0.15, 0.2) is 17.5 Å². The first-order valence-corrected chi connectivity index (χ1v) is 9.73. The maximum atomic E-state index is 13.4. The Morgan fingerprint density at radius 3 is 2.04 bits per heavy atom. The summed E-state index contributed by atoms with van der Waals surface area (Å²) in [5.41, 5.74) is 1.21. The highest BCUT2D eigenvalue weighted by Crippen LogP contribution is 2.22. The molecule has 2 aromatic carbocycles. The summed E-state index contributed by atoms with van der Waals surface area (Å²) in [7, 11) is -4.05. The van der Waals surface area contributed by atoms with Crippen LogP contribution in [0.5, 0.6) is 0 Å². The molecule has 1 saturated heterocycles. The second-order valence-corrected chi connectivity index (χ2v) is 8.12. The molecule has 0 atom stereocenters. The third kappa shape index (κ3) is 4.08. The predicted molar refractivity (Wildman–Crippen MR) is 91.7 cm³/mol. The third-order valence-electron chi connectivity index (χ3n) is 4.49. The van der Waals surface area contributed by atoms with Crippen LogP contribution in [-0.4, -0.2) is 50.3 Å². The van der Waals surface area contributed by atoms with Crippen molar-refractivity contribution in [2.75, 3.05) is 32.7 Å². The van der Waals surface area contributed by atoms with Crippen LogP contribution in [0.1, 0.15) is 5.56 Å². The quantitative estimate of drug-likeness (QED) is 0.745. The first kappa shape index (κ1) is 18.9. The van der Waals surface area contributed by atoms with Crippen molar-refractivity contribution in [3.05, 3.63) is 65.5 Å². The first-order valence-electron chi connectivity index (χ1n) is 8.29. The Bertz CT molecular complexity index is 844. The van der Waals surface area contributed by atoms with Gasteiger partial charge in [0, 0.05) is 32.7 Å². The molecule has 0 aliphatic carbocycles. The average molecular weight is 384 g/mol. The molecule has 4 nitrogen and oxygen atoms in total. The largest absolute Gasteiger partial charge is 0.300 e. The van der Waals surface area contributed by atoms with Crippen LogP contribution in [0.3, 0.4) is 0 Å². The minimum Gasteiger partial charge on any atom is -0.300 e. The molecule has 0 spiro atoms. The Morgan fingerprint density at radius 1 is 0.885 bits per heavy atom. The summed E-state index contributed by atoms with van der Waals surface area (Å²) >= 11 is 0. The zero-order valence-corrected chi connectivity index (χ0v) is 14.9. The number of hydrogen-bond acceptors (Lipinski definition) is 3. The Morgan fingerprint density at radius 2 is 1.46 bits per heavy atom. The van der Waals surface area contributed by atoms with Crippen LogP contribution in [0.4, 0.5) is 13.2 Å². The number of piperazine rings is 1. The zero-order chi connectivity index (χ0) is 18.7. The van der Waals surface area contributed by atoms with Gasteiger partial charge < -0.3 is 4.90 Å².